The summed E-state index contributed by atoms with van der Waals surface area (Å²) in [5.41, 5.74) is 0.886. The number of rotatable bonds is 5. The first-order chi connectivity index (χ1) is 9.49. The predicted molar refractivity (Wildman–Crippen MR) is 81.2 cm³/mol. The van der Waals surface area contributed by atoms with E-state index in [1.54, 1.807) is 0 Å². The Balaban J connectivity index is 2.50. The molecule has 1 aliphatic rings. The molecule has 0 radical (unpaired) electrons. The Morgan fingerprint density at radius 1 is 1.40 bits per heavy atom. The molecule has 2 amide bonds. The topological polar surface area (TPSA) is 49.4 Å². The maximum Gasteiger partial charge on any atom is 0.249 e. The van der Waals surface area contributed by atoms with Crippen LogP contribution in [0.5, 0.6) is 0 Å². The average Bonchev–Trinajstić information content (AvgIpc) is 2.46. The van der Waals surface area contributed by atoms with Crippen LogP contribution >= 0.6 is 0 Å². The standard InChI is InChI=1S/C16H28N2O2/c1-5-14(6-2)16(20)18-9-7-8-13(11-18)10-17-15(19)12(3)4/h5,12-13H,6-11H2,1-4H3,(H,17,19)/b14-5+/t13-/m0/s1. The van der Waals surface area contributed by atoms with Crippen molar-refractivity contribution in [2.24, 2.45) is 11.8 Å². The summed E-state index contributed by atoms with van der Waals surface area (Å²) in [6, 6.07) is 0. The number of nitrogens with zero attached hydrogens (tertiary/aromatic N) is 1. The molecule has 0 saturated carbocycles. The van der Waals surface area contributed by atoms with Crippen LogP contribution in [0.15, 0.2) is 11.6 Å². The fourth-order valence-electron chi connectivity index (χ4n) is 2.55. The maximum absolute atomic E-state index is 12.3. The molecule has 1 heterocycles. The van der Waals surface area contributed by atoms with E-state index in [2.05, 4.69) is 5.32 Å². The molecule has 114 valence electrons. The molecule has 4 heteroatoms. The Hall–Kier alpha value is -1.32. The minimum atomic E-state index is 0.0195. The first-order valence-corrected chi connectivity index (χ1v) is 7.71. The third-order valence-corrected chi connectivity index (χ3v) is 3.90. The molecule has 4 nitrogen and oxygen atoms in total. The minimum Gasteiger partial charge on any atom is -0.356 e. The smallest absolute Gasteiger partial charge is 0.249 e. The van der Waals surface area contributed by atoms with Gasteiger partial charge in [0, 0.05) is 31.1 Å². The van der Waals surface area contributed by atoms with Gasteiger partial charge in [-0.05, 0) is 32.1 Å². The van der Waals surface area contributed by atoms with Gasteiger partial charge in [0.25, 0.3) is 0 Å². The first-order valence-electron chi connectivity index (χ1n) is 7.71. The van der Waals surface area contributed by atoms with Gasteiger partial charge in [-0.2, -0.15) is 0 Å². The van der Waals surface area contributed by atoms with Crippen LogP contribution in [0.25, 0.3) is 0 Å². The van der Waals surface area contributed by atoms with Crippen molar-refractivity contribution in [1.29, 1.82) is 0 Å². The molecule has 20 heavy (non-hydrogen) atoms. The van der Waals surface area contributed by atoms with E-state index >= 15 is 0 Å². The molecule has 0 aromatic carbocycles. The van der Waals surface area contributed by atoms with Crippen LogP contribution in [-0.2, 0) is 9.59 Å². The highest BCUT2D eigenvalue weighted by Gasteiger charge is 2.25. The molecular weight excluding hydrogens is 252 g/mol. The molecule has 0 aliphatic carbocycles. The molecule has 1 atom stereocenters. The lowest BCUT2D eigenvalue weighted by atomic mass is 9.96. The monoisotopic (exact) mass is 280 g/mol. The van der Waals surface area contributed by atoms with Gasteiger partial charge in [-0.25, -0.2) is 0 Å². The molecular formula is C16H28N2O2. The predicted octanol–water partition coefficient (Wildman–Crippen LogP) is 2.35. The Labute approximate surface area is 122 Å². The number of likely N-dealkylation sites (tertiary alicyclic amines) is 1. The van der Waals surface area contributed by atoms with Crippen LogP contribution in [-0.4, -0.2) is 36.3 Å². The first kappa shape index (κ1) is 16.7. The molecule has 1 N–H and O–H groups in total. The van der Waals surface area contributed by atoms with Gasteiger partial charge in [-0.1, -0.05) is 26.8 Å². The number of carbonyl (C=O) groups is 2. The molecule has 0 bridgehead atoms. The molecule has 1 rings (SSSR count). The van der Waals surface area contributed by atoms with Crippen molar-refractivity contribution in [1.82, 2.24) is 10.2 Å². The lowest BCUT2D eigenvalue weighted by molar-refractivity contribution is -0.129. The van der Waals surface area contributed by atoms with Crippen molar-refractivity contribution in [3.05, 3.63) is 11.6 Å². The largest absolute Gasteiger partial charge is 0.356 e. The molecule has 0 aromatic heterocycles. The van der Waals surface area contributed by atoms with Gasteiger partial charge < -0.3 is 10.2 Å². The van der Waals surface area contributed by atoms with Gasteiger partial charge in [0.1, 0.15) is 0 Å². The normalized spacial score (nSPS) is 20.1. The van der Waals surface area contributed by atoms with E-state index in [-0.39, 0.29) is 17.7 Å². The molecule has 1 fully saturated rings. The summed E-state index contributed by atoms with van der Waals surface area (Å²) in [5, 5.41) is 2.98. The summed E-state index contributed by atoms with van der Waals surface area (Å²) in [5.74, 6) is 0.655. The van der Waals surface area contributed by atoms with Gasteiger partial charge in [-0.3, -0.25) is 9.59 Å². The molecule has 1 aliphatic heterocycles. The minimum absolute atomic E-state index is 0.0195. The second-order valence-corrected chi connectivity index (χ2v) is 5.83. The molecule has 0 aromatic rings. The van der Waals surface area contributed by atoms with Crippen molar-refractivity contribution in [2.75, 3.05) is 19.6 Å². The Morgan fingerprint density at radius 2 is 2.10 bits per heavy atom. The third kappa shape index (κ3) is 4.66. The highest BCUT2D eigenvalue weighted by molar-refractivity contribution is 5.93. The number of hydrogen-bond donors (Lipinski definition) is 1. The maximum atomic E-state index is 12.3. The fourth-order valence-corrected chi connectivity index (χ4v) is 2.55. The summed E-state index contributed by atoms with van der Waals surface area (Å²) in [4.78, 5) is 25.9. The van der Waals surface area contributed by atoms with Gasteiger partial charge in [-0.15, -0.1) is 0 Å². The number of amides is 2. The van der Waals surface area contributed by atoms with E-state index in [4.69, 9.17) is 0 Å². The zero-order valence-corrected chi connectivity index (χ0v) is 13.2. The Bertz CT molecular complexity index is 375. The van der Waals surface area contributed by atoms with Gasteiger partial charge in [0.05, 0.1) is 0 Å². The van der Waals surface area contributed by atoms with E-state index in [1.165, 1.54) is 0 Å². The van der Waals surface area contributed by atoms with Crippen LogP contribution in [0.1, 0.15) is 47.0 Å². The Morgan fingerprint density at radius 3 is 2.65 bits per heavy atom. The molecule has 1 saturated heterocycles. The van der Waals surface area contributed by atoms with Crippen molar-refractivity contribution in [2.45, 2.75) is 47.0 Å². The molecule has 0 unspecified atom stereocenters. The second kappa shape index (κ2) is 8.08. The second-order valence-electron chi connectivity index (χ2n) is 5.83. The fraction of sp³-hybridized carbons (Fsp3) is 0.750. The van der Waals surface area contributed by atoms with E-state index in [9.17, 15) is 9.59 Å². The summed E-state index contributed by atoms with van der Waals surface area (Å²) >= 11 is 0. The van der Waals surface area contributed by atoms with Crippen molar-refractivity contribution < 1.29 is 9.59 Å². The van der Waals surface area contributed by atoms with E-state index in [0.29, 0.717) is 12.5 Å². The van der Waals surface area contributed by atoms with E-state index in [0.717, 1.165) is 37.9 Å². The number of hydrogen-bond acceptors (Lipinski definition) is 2. The number of nitrogens with one attached hydrogen (secondary N) is 1. The summed E-state index contributed by atoms with van der Waals surface area (Å²) in [6.07, 6.45) is 4.79. The van der Waals surface area contributed by atoms with Crippen molar-refractivity contribution >= 4 is 11.8 Å². The van der Waals surface area contributed by atoms with E-state index < -0.39 is 0 Å². The lowest BCUT2D eigenvalue weighted by Crippen LogP contribution is -2.44. The Kier molecular flexibility index (Phi) is 6.76. The lowest BCUT2D eigenvalue weighted by Gasteiger charge is -2.33. The SMILES string of the molecule is C/C=C(\CC)C(=O)N1CCC[C@@H](CNC(=O)C(C)C)C1. The number of allylic oxidation sites excluding steroid dienone is 1. The zero-order valence-electron chi connectivity index (χ0n) is 13.2. The highest BCUT2D eigenvalue weighted by Crippen LogP contribution is 2.18. The molecule has 0 spiro atoms. The summed E-state index contributed by atoms with van der Waals surface area (Å²) in [7, 11) is 0. The number of piperidine rings is 1. The van der Waals surface area contributed by atoms with Gasteiger partial charge in [0.15, 0.2) is 0 Å². The summed E-state index contributed by atoms with van der Waals surface area (Å²) in [6.45, 7) is 9.99. The van der Waals surface area contributed by atoms with Gasteiger partial charge in [0.2, 0.25) is 11.8 Å². The van der Waals surface area contributed by atoms with Crippen LogP contribution in [0, 0.1) is 11.8 Å². The average molecular weight is 280 g/mol. The quantitative estimate of drug-likeness (QED) is 0.786. The van der Waals surface area contributed by atoms with E-state index in [1.807, 2.05) is 38.7 Å². The third-order valence-electron chi connectivity index (χ3n) is 3.90. The van der Waals surface area contributed by atoms with Gasteiger partial charge >= 0.3 is 0 Å². The van der Waals surface area contributed by atoms with Crippen LogP contribution in [0.4, 0.5) is 0 Å². The highest BCUT2D eigenvalue weighted by atomic mass is 16.2. The van der Waals surface area contributed by atoms with Crippen LogP contribution in [0.2, 0.25) is 0 Å². The van der Waals surface area contributed by atoms with Crippen LogP contribution in [0.3, 0.4) is 0 Å². The van der Waals surface area contributed by atoms with Crippen molar-refractivity contribution in [3.63, 3.8) is 0 Å². The summed E-state index contributed by atoms with van der Waals surface area (Å²) < 4.78 is 0. The van der Waals surface area contributed by atoms with Crippen LogP contribution < -0.4 is 5.32 Å². The zero-order chi connectivity index (χ0) is 15.1. The number of carbonyl (C=O) groups excluding carboxylic acids is 2. The van der Waals surface area contributed by atoms with Crippen molar-refractivity contribution in [3.8, 4) is 0 Å².